The van der Waals surface area contributed by atoms with Crippen LogP contribution in [-0.4, -0.2) is 64.8 Å². The van der Waals surface area contributed by atoms with Gasteiger partial charge in [-0.05, 0) is 37.5 Å². The van der Waals surface area contributed by atoms with Crippen LogP contribution in [0.25, 0.3) is 0 Å². The number of nitrogens with one attached hydrogen (secondary N) is 2. The first-order chi connectivity index (χ1) is 23.0. The Morgan fingerprint density at radius 3 is 1.92 bits per heavy atom. The molecule has 1 unspecified atom stereocenters. The number of carbonyl (C=O) groups is 5. The highest BCUT2D eigenvalue weighted by Crippen LogP contribution is 2.42. The molecule has 0 saturated carbocycles. The molecule has 0 aromatic heterocycles. The van der Waals surface area contributed by atoms with Crippen molar-refractivity contribution >= 4 is 41.8 Å². The molecule has 3 amide bonds. The third kappa shape index (κ3) is 7.80. The standard InChI is InChI=1S/C35H35N3O9S/c1-35(2,3)47-33(42)37-25(21-14-8-5-9-15-21)29(39)36-26-30(40)38-27(24(20-48-31(26)38)45-34(43)44-4)32(41)46-28(22-16-10-6-11-17-22)23-18-12-7-13-19-23/h5-19,25-26,28,31H,20H2,1-4H3,(H,36,39)(H,37,42)/t25?,26-,31+/m1/s1. The number of thioether (sulfide) groups is 1. The summed E-state index contributed by atoms with van der Waals surface area (Å²) in [5, 5.41) is 4.56. The Kier molecular flexibility index (Phi) is 10.4. The maximum atomic E-state index is 14.0. The molecule has 0 bridgehead atoms. The molecule has 48 heavy (non-hydrogen) atoms. The molecular weight excluding hydrogens is 638 g/mol. The molecule has 2 N–H and O–H groups in total. The van der Waals surface area contributed by atoms with Crippen LogP contribution in [0.2, 0.25) is 0 Å². The Morgan fingerprint density at radius 2 is 1.40 bits per heavy atom. The summed E-state index contributed by atoms with van der Waals surface area (Å²) >= 11 is 1.17. The van der Waals surface area contributed by atoms with Gasteiger partial charge in [0.1, 0.15) is 23.1 Å². The van der Waals surface area contributed by atoms with Crippen LogP contribution in [0.3, 0.4) is 0 Å². The van der Waals surface area contributed by atoms with Crippen molar-refractivity contribution < 1.29 is 42.9 Å². The van der Waals surface area contributed by atoms with E-state index in [0.29, 0.717) is 16.7 Å². The number of ether oxygens (including phenoxy) is 4. The third-order valence-corrected chi connectivity index (χ3v) is 8.54. The van der Waals surface area contributed by atoms with E-state index < -0.39 is 59.2 Å². The predicted molar refractivity (Wildman–Crippen MR) is 175 cm³/mol. The van der Waals surface area contributed by atoms with Gasteiger partial charge in [0, 0.05) is 0 Å². The van der Waals surface area contributed by atoms with Crippen molar-refractivity contribution in [3.63, 3.8) is 0 Å². The molecular formula is C35H35N3O9S. The zero-order chi connectivity index (χ0) is 34.4. The van der Waals surface area contributed by atoms with Crippen LogP contribution in [0.4, 0.5) is 9.59 Å². The number of hydrogen-bond acceptors (Lipinski definition) is 10. The highest BCUT2D eigenvalue weighted by Gasteiger charge is 2.56. The number of alkyl carbamates (subject to hydrolysis) is 1. The lowest BCUT2D eigenvalue weighted by atomic mass is 10.0. The Morgan fingerprint density at radius 1 is 0.854 bits per heavy atom. The molecule has 3 atom stereocenters. The normalized spacial score (nSPS) is 17.8. The molecule has 2 aliphatic rings. The lowest BCUT2D eigenvalue weighted by Crippen LogP contribution is -2.71. The molecule has 3 aromatic carbocycles. The van der Waals surface area contributed by atoms with Crippen molar-refractivity contribution in [2.24, 2.45) is 0 Å². The van der Waals surface area contributed by atoms with Gasteiger partial charge >= 0.3 is 18.2 Å². The van der Waals surface area contributed by atoms with Crippen LogP contribution >= 0.6 is 11.8 Å². The fourth-order valence-electron chi connectivity index (χ4n) is 5.16. The topological polar surface area (TPSA) is 150 Å². The monoisotopic (exact) mass is 673 g/mol. The minimum atomic E-state index is -1.19. The highest BCUT2D eigenvalue weighted by atomic mass is 32.2. The average Bonchev–Trinajstić information content (AvgIpc) is 3.08. The van der Waals surface area contributed by atoms with E-state index in [1.54, 1.807) is 75.4 Å². The number of rotatable bonds is 9. The van der Waals surface area contributed by atoms with Gasteiger partial charge in [-0.3, -0.25) is 14.5 Å². The van der Waals surface area contributed by atoms with E-state index in [1.807, 2.05) is 36.4 Å². The van der Waals surface area contributed by atoms with E-state index in [0.717, 1.165) is 12.0 Å². The van der Waals surface area contributed by atoms with Crippen molar-refractivity contribution in [2.75, 3.05) is 12.9 Å². The largest absolute Gasteiger partial charge is 0.513 e. The van der Waals surface area contributed by atoms with Crippen molar-refractivity contribution in [3.05, 3.63) is 119 Å². The molecule has 0 spiro atoms. The number of carbonyl (C=O) groups excluding carboxylic acids is 5. The second-order valence-electron chi connectivity index (χ2n) is 11.8. The molecule has 0 radical (unpaired) electrons. The van der Waals surface area contributed by atoms with E-state index in [4.69, 9.17) is 14.2 Å². The zero-order valence-corrected chi connectivity index (χ0v) is 27.5. The van der Waals surface area contributed by atoms with Crippen molar-refractivity contribution in [3.8, 4) is 0 Å². The summed E-state index contributed by atoms with van der Waals surface area (Å²) < 4.78 is 21.4. The van der Waals surface area contributed by atoms with Gasteiger partial charge in [0.2, 0.25) is 5.91 Å². The van der Waals surface area contributed by atoms with Gasteiger partial charge in [0.15, 0.2) is 17.6 Å². The lowest BCUT2D eigenvalue weighted by molar-refractivity contribution is -0.155. The summed E-state index contributed by atoms with van der Waals surface area (Å²) in [5.74, 6) is -2.36. The minimum absolute atomic E-state index is 0.0139. The minimum Gasteiger partial charge on any atom is -0.448 e. The molecule has 2 aliphatic heterocycles. The first-order valence-corrected chi connectivity index (χ1v) is 16.1. The molecule has 1 fully saturated rings. The number of nitrogens with zero attached hydrogens (tertiary/aromatic N) is 1. The molecule has 1 saturated heterocycles. The van der Waals surface area contributed by atoms with E-state index in [-0.39, 0.29) is 17.2 Å². The second kappa shape index (κ2) is 14.6. The molecule has 250 valence electrons. The number of hydrogen-bond donors (Lipinski definition) is 2. The van der Waals surface area contributed by atoms with Gasteiger partial charge in [0.25, 0.3) is 5.91 Å². The summed E-state index contributed by atoms with van der Waals surface area (Å²) in [7, 11) is 1.12. The van der Waals surface area contributed by atoms with E-state index in [9.17, 15) is 24.0 Å². The van der Waals surface area contributed by atoms with Crippen LogP contribution in [0.1, 0.15) is 49.6 Å². The number of β-lactam (4-membered cyclic amide) rings is 1. The fourth-order valence-corrected chi connectivity index (χ4v) is 6.41. The summed E-state index contributed by atoms with van der Waals surface area (Å²) in [6.45, 7) is 5.09. The number of benzene rings is 3. The van der Waals surface area contributed by atoms with Crippen molar-refractivity contribution in [1.29, 1.82) is 0 Å². The van der Waals surface area contributed by atoms with Crippen molar-refractivity contribution in [2.45, 2.75) is 49.9 Å². The fraction of sp³-hybridized carbons (Fsp3) is 0.286. The summed E-state index contributed by atoms with van der Waals surface area (Å²) in [5.41, 5.74) is 0.736. The van der Waals surface area contributed by atoms with Crippen molar-refractivity contribution in [1.82, 2.24) is 15.5 Å². The van der Waals surface area contributed by atoms with Gasteiger partial charge in [-0.25, -0.2) is 14.4 Å². The zero-order valence-electron chi connectivity index (χ0n) is 26.7. The highest BCUT2D eigenvalue weighted by molar-refractivity contribution is 8.00. The average molecular weight is 674 g/mol. The Balaban J connectivity index is 1.40. The number of fused-ring (bicyclic) bond motifs is 1. The van der Waals surface area contributed by atoms with Gasteiger partial charge in [-0.1, -0.05) is 91.0 Å². The maximum absolute atomic E-state index is 14.0. The first-order valence-electron chi connectivity index (χ1n) is 15.1. The summed E-state index contributed by atoms with van der Waals surface area (Å²) in [6.07, 6.45) is -2.74. The first kappa shape index (κ1) is 34.0. The van der Waals surface area contributed by atoms with Gasteiger partial charge in [0.05, 0.1) is 12.9 Å². The van der Waals surface area contributed by atoms with Crippen LogP contribution in [0, 0.1) is 0 Å². The lowest BCUT2D eigenvalue weighted by Gasteiger charge is -2.49. The third-order valence-electron chi connectivity index (χ3n) is 7.28. The summed E-state index contributed by atoms with van der Waals surface area (Å²) in [4.78, 5) is 67.3. The quantitative estimate of drug-likeness (QED) is 0.181. The van der Waals surface area contributed by atoms with E-state index in [2.05, 4.69) is 15.4 Å². The predicted octanol–water partition coefficient (Wildman–Crippen LogP) is 4.98. The van der Waals surface area contributed by atoms with Gasteiger partial charge in [-0.2, -0.15) is 0 Å². The Labute approximate surface area is 281 Å². The molecule has 0 aliphatic carbocycles. The Bertz CT molecular complexity index is 1650. The molecule has 2 heterocycles. The van der Waals surface area contributed by atoms with Gasteiger partial charge in [-0.15, -0.1) is 11.8 Å². The summed E-state index contributed by atoms with van der Waals surface area (Å²) in [6, 6.07) is 24.4. The molecule has 13 heteroatoms. The SMILES string of the molecule is COC(=O)OC1=C(C(=O)OC(c2ccccc2)c2ccccc2)N2C(=O)[C@@H](NC(=O)C(NC(=O)OC(C)(C)C)c3ccccc3)[C@@H]2SC1. The molecule has 12 nitrogen and oxygen atoms in total. The maximum Gasteiger partial charge on any atom is 0.513 e. The number of methoxy groups -OCH3 is 1. The second-order valence-corrected chi connectivity index (χ2v) is 12.9. The Hall–Kier alpha value is -5.30. The van der Waals surface area contributed by atoms with Crippen LogP contribution in [-0.2, 0) is 33.3 Å². The van der Waals surface area contributed by atoms with Gasteiger partial charge < -0.3 is 29.6 Å². The van der Waals surface area contributed by atoms with E-state index in [1.165, 1.54) is 11.8 Å². The van der Waals surface area contributed by atoms with Crippen LogP contribution in [0.5, 0.6) is 0 Å². The number of amides is 3. The number of esters is 1. The smallest absolute Gasteiger partial charge is 0.448 e. The molecule has 3 aromatic rings. The van der Waals surface area contributed by atoms with Crippen LogP contribution in [0.15, 0.2) is 102 Å². The molecule has 5 rings (SSSR count). The van der Waals surface area contributed by atoms with E-state index >= 15 is 0 Å². The van der Waals surface area contributed by atoms with Crippen LogP contribution < -0.4 is 10.6 Å².